The smallest absolute Gasteiger partial charge is 0.176 e. The first kappa shape index (κ1) is 13.3. The molecule has 1 fully saturated rings. The molecule has 0 saturated heterocycles. The number of hydrogen-bond donors (Lipinski definition) is 1. The Morgan fingerprint density at radius 2 is 2.00 bits per heavy atom. The summed E-state index contributed by atoms with van der Waals surface area (Å²) in [5.74, 6) is 0.650. The molecule has 1 aromatic carbocycles. The van der Waals surface area contributed by atoms with Gasteiger partial charge in [0.2, 0.25) is 0 Å². The van der Waals surface area contributed by atoms with Crippen LogP contribution < -0.4 is 5.73 Å². The Labute approximate surface area is 110 Å². The molecule has 1 saturated carbocycles. The molecule has 18 heavy (non-hydrogen) atoms. The molecule has 1 aromatic rings. The summed E-state index contributed by atoms with van der Waals surface area (Å²) in [5.41, 5.74) is 7.98. The van der Waals surface area contributed by atoms with E-state index in [9.17, 15) is 4.79 Å². The highest BCUT2D eigenvalue weighted by atomic mass is 16.1. The van der Waals surface area contributed by atoms with E-state index >= 15 is 0 Å². The first-order chi connectivity index (χ1) is 8.52. The highest BCUT2D eigenvalue weighted by Gasteiger charge is 2.27. The lowest BCUT2D eigenvalue weighted by atomic mass is 9.71. The Morgan fingerprint density at radius 1 is 1.33 bits per heavy atom. The second-order valence-electron chi connectivity index (χ2n) is 6.19. The van der Waals surface area contributed by atoms with Crippen molar-refractivity contribution < 1.29 is 4.79 Å². The Balaban J connectivity index is 2.12. The van der Waals surface area contributed by atoms with E-state index in [1.165, 1.54) is 31.2 Å². The van der Waals surface area contributed by atoms with Crippen LogP contribution in [0.4, 0.5) is 0 Å². The van der Waals surface area contributed by atoms with Crippen LogP contribution >= 0.6 is 0 Å². The number of nitrogens with two attached hydrogens (primary N) is 1. The van der Waals surface area contributed by atoms with Gasteiger partial charge in [-0.2, -0.15) is 0 Å². The highest BCUT2D eigenvalue weighted by Crippen LogP contribution is 2.42. The number of Topliss-reactive ketones (excluding diaryl/α,β-unsaturated/α-hetero) is 1. The Hall–Kier alpha value is -1.15. The van der Waals surface area contributed by atoms with Gasteiger partial charge in [0.1, 0.15) is 0 Å². The minimum atomic E-state index is 0.0352. The van der Waals surface area contributed by atoms with E-state index in [0.717, 1.165) is 5.56 Å². The molecule has 1 aliphatic rings. The fourth-order valence-corrected chi connectivity index (χ4v) is 2.82. The van der Waals surface area contributed by atoms with Gasteiger partial charge in [-0.05, 0) is 48.6 Å². The zero-order valence-electron chi connectivity index (χ0n) is 11.4. The summed E-state index contributed by atoms with van der Waals surface area (Å²) in [4.78, 5) is 11.6. The fraction of sp³-hybridized carbons (Fsp3) is 0.562. The zero-order chi connectivity index (χ0) is 13.2. The summed E-state index contributed by atoms with van der Waals surface area (Å²) >= 11 is 0. The van der Waals surface area contributed by atoms with Crippen molar-refractivity contribution >= 4 is 5.78 Å². The normalized spacial score (nSPS) is 19.7. The van der Waals surface area contributed by atoms with Crippen molar-refractivity contribution in [1.82, 2.24) is 0 Å². The molecular weight excluding hydrogens is 222 g/mol. The van der Waals surface area contributed by atoms with Crippen molar-refractivity contribution in [2.45, 2.75) is 45.4 Å². The van der Waals surface area contributed by atoms with Gasteiger partial charge in [-0.3, -0.25) is 4.79 Å². The predicted molar refractivity (Wildman–Crippen MR) is 74.8 cm³/mol. The minimum absolute atomic E-state index is 0.0352. The van der Waals surface area contributed by atoms with Gasteiger partial charge in [0, 0.05) is 5.56 Å². The zero-order valence-corrected chi connectivity index (χ0v) is 11.4. The molecule has 0 amide bonds. The minimum Gasteiger partial charge on any atom is -0.324 e. The van der Waals surface area contributed by atoms with E-state index in [4.69, 9.17) is 5.73 Å². The molecule has 0 aliphatic heterocycles. The van der Waals surface area contributed by atoms with Crippen LogP contribution in [0.2, 0.25) is 0 Å². The van der Waals surface area contributed by atoms with Gasteiger partial charge in [0.25, 0.3) is 0 Å². The lowest BCUT2D eigenvalue weighted by Gasteiger charge is -2.34. The topological polar surface area (TPSA) is 43.1 Å². The predicted octanol–water partition coefficient (Wildman–Crippen LogP) is 3.51. The summed E-state index contributed by atoms with van der Waals surface area (Å²) in [7, 11) is 0. The monoisotopic (exact) mass is 245 g/mol. The number of carbonyl (C=O) groups is 1. The van der Waals surface area contributed by atoms with E-state index < -0.39 is 0 Å². The highest BCUT2D eigenvalue weighted by molar-refractivity contribution is 5.97. The molecule has 1 aliphatic carbocycles. The van der Waals surface area contributed by atoms with Crippen LogP contribution in [-0.4, -0.2) is 12.3 Å². The van der Waals surface area contributed by atoms with Crippen molar-refractivity contribution in [3.8, 4) is 0 Å². The Kier molecular flexibility index (Phi) is 3.86. The molecule has 0 bridgehead atoms. The van der Waals surface area contributed by atoms with Crippen LogP contribution in [0.15, 0.2) is 24.3 Å². The SMILES string of the molecule is CC1(C)CCC(c2cccc(C(=O)CN)c2)CC1. The Bertz CT molecular complexity index is 426. The number of carbonyl (C=O) groups excluding carboxylic acids is 1. The lowest BCUT2D eigenvalue weighted by molar-refractivity contribution is 0.100. The van der Waals surface area contributed by atoms with Crippen LogP contribution in [0, 0.1) is 5.41 Å². The largest absolute Gasteiger partial charge is 0.324 e. The summed E-state index contributed by atoms with van der Waals surface area (Å²) in [5, 5.41) is 0. The molecule has 98 valence electrons. The van der Waals surface area contributed by atoms with Crippen molar-refractivity contribution in [2.75, 3.05) is 6.54 Å². The molecule has 2 rings (SSSR count). The second kappa shape index (κ2) is 5.23. The third-order valence-corrected chi connectivity index (χ3v) is 4.20. The average Bonchev–Trinajstić information content (AvgIpc) is 2.38. The summed E-state index contributed by atoms with van der Waals surface area (Å²) in [6, 6.07) is 8.04. The maximum atomic E-state index is 11.6. The molecule has 2 nitrogen and oxygen atoms in total. The molecule has 0 heterocycles. The third kappa shape index (κ3) is 2.99. The van der Waals surface area contributed by atoms with Crippen LogP contribution in [0.5, 0.6) is 0 Å². The molecular formula is C16H23NO. The van der Waals surface area contributed by atoms with Gasteiger partial charge in [-0.1, -0.05) is 32.0 Å². The van der Waals surface area contributed by atoms with Crippen LogP contribution in [0.1, 0.15) is 61.4 Å². The van der Waals surface area contributed by atoms with E-state index in [1.807, 2.05) is 18.2 Å². The standard InChI is InChI=1S/C16H23NO/c1-16(2)8-6-12(7-9-16)13-4-3-5-14(10-13)15(18)11-17/h3-5,10,12H,6-9,11,17H2,1-2H3. The van der Waals surface area contributed by atoms with Gasteiger partial charge >= 0.3 is 0 Å². The van der Waals surface area contributed by atoms with Crippen molar-refractivity contribution in [3.63, 3.8) is 0 Å². The first-order valence-corrected chi connectivity index (χ1v) is 6.85. The number of benzene rings is 1. The number of hydrogen-bond acceptors (Lipinski definition) is 2. The van der Waals surface area contributed by atoms with Crippen LogP contribution in [-0.2, 0) is 0 Å². The molecule has 0 aromatic heterocycles. The maximum absolute atomic E-state index is 11.6. The Morgan fingerprint density at radius 3 is 2.61 bits per heavy atom. The molecule has 0 radical (unpaired) electrons. The summed E-state index contributed by atoms with van der Waals surface area (Å²) in [6.07, 6.45) is 5.00. The van der Waals surface area contributed by atoms with Gasteiger partial charge in [-0.25, -0.2) is 0 Å². The molecule has 0 unspecified atom stereocenters. The quantitative estimate of drug-likeness (QED) is 0.828. The van der Waals surface area contributed by atoms with Gasteiger partial charge in [0.05, 0.1) is 6.54 Å². The summed E-state index contributed by atoms with van der Waals surface area (Å²) < 4.78 is 0. The lowest BCUT2D eigenvalue weighted by Crippen LogP contribution is -2.20. The second-order valence-corrected chi connectivity index (χ2v) is 6.19. The molecule has 0 atom stereocenters. The van der Waals surface area contributed by atoms with Crippen molar-refractivity contribution in [1.29, 1.82) is 0 Å². The molecule has 2 heteroatoms. The fourth-order valence-electron chi connectivity index (χ4n) is 2.82. The third-order valence-electron chi connectivity index (χ3n) is 4.20. The van der Waals surface area contributed by atoms with E-state index in [-0.39, 0.29) is 12.3 Å². The van der Waals surface area contributed by atoms with Crippen LogP contribution in [0.3, 0.4) is 0 Å². The summed E-state index contributed by atoms with van der Waals surface area (Å²) in [6.45, 7) is 4.79. The maximum Gasteiger partial charge on any atom is 0.176 e. The van der Waals surface area contributed by atoms with Gasteiger partial charge < -0.3 is 5.73 Å². The number of ketones is 1. The molecule has 0 spiro atoms. The van der Waals surface area contributed by atoms with Crippen molar-refractivity contribution in [2.24, 2.45) is 11.1 Å². The van der Waals surface area contributed by atoms with E-state index in [0.29, 0.717) is 11.3 Å². The average molecular weight is 245 g/mol. The first-order valence-electron chi connectivity index (χ1n) is 6.85. The van der Waals surface area contributed by atoms with E-state index in [2.05, 4.69) is 19.9 Å². The van der Waals surface area contributed by atoms with E-state index in [1.54, 1.807) is 0 Å². The number of rotatable bonds is 3. The van der Waals surface area contributed by atoms with Gasteiger partial charge in [-0.15, -0.1) is 0 Å². The van der Waals surface area contributed by atoms with Crippen LogP contribution in [0.25, 0.3) is 0 Å². The van der Waals surface area contributed by atoms with Crippen molar-refractivity contribution in [3.05, 3.63) is 35.4 Å². The van der Waals surface area contributed by atoms with Gasteiger partial charge in [0.15, 0.2) is 5.78 Å². The molecule has 2 N–H and O–H groups in total.